The summed E-state index contributed by atoms with van der Waals surface area (Å²) in [5.74, 6) is -0.401. The number of hydrogen-bond acceptors (Lipinski definition) is 3. The third kappa shape index (κ3) is 3.60. The quantitative estimate of drug-likeness (QED) is 0.907. The summed E-state index contributed by atoms with van der Waals surface area (Å²) in [7, 11) is 1.71. The minimum Gasteiger partial charge on any atom is -0.381 e. The molecule has 3 rings (SSSR count). The van der Waals surface area contributed by atoms with Crippen molar-refractivity contribution < 1.29 is 22.7 Å². The van der Waals surface area contributed by atoms with Crippen LogP contribution in [0.2, 0.25) is 0 Å². The maximum Gasteiger partial charge on any atom is 0.416 e. The van der Waals surface area contributed by atoms with Gasteiger partial charge >= 0.3 is 6.18 Å². The molecule has 1 amide bonds. The summed E-state index contributed by atoms with van der Waals surface area (Å²) in [5.41, 5.74) is -0.246. The van der Waals surface area contributed by atoms with E-state index in [9.17, 15) is 18.0 Å². The van der Waals surface area contributed by atoms with E-state index in [1.54, 1.807) is 26.2 Å². The van der Waals surface area contributed by atoms with Crippen molar-refractivity contribution in [3.63, 3.8) is 0 Å². The van der Waals surface area contributed by atoms with E-state index < -0.39 is 23.2 Å². The fourth-order valence-electron chi connectivity index (χ4n) is 3.31. The zero-order valence-electron chi connectivity index (χ0n) is 14.6. The number of amides is 1. The molecule has 1 aromatic heterocycles. The lowest BCUT2D eigenvalue weighted by Crippen LogP contribution is -2.49. The van der Waals surface area contributed by atoms with Crippen molar-refractivity contribution in [1.82, 2.24) is 15.1 Å². The summed E-state index contributed by atoms with van der Waals surface area (Å²) in [6.45, 7) is 2.48. The Kier molecular flexibility index (Phi) is 4.79. The highest BCUT2D eigenvalue weighted by Crippen LogP contribution is 2.36. The first-order chi connectivity index (χ1) is 12.2. The number of halogens is 3. The van der Waals surface area contributed by atoms with Crippen LogP contribution in [0.1, 0.15) is 40.0 Å². The summed E-state index contributed by atoms with van der Waals surface area (Å²) in [6, 6.07) is 5.12. The molecule has 0 unspecified atom stereocenters. The minimum absolute atomic E-state index is 0.269. The van der Waals surface area contributed by atoms with E-state index in [2.05, 4.69) is 10.4 Å². The van der Waals surface area contributed by atoms with Gasteiger partial charge in [0.1, 0.15) is 0 Å². The van der Waals surface area contributed by atoms with Gasteiger partial charge in [-0.05, 0) is 37.5 Å². The predicted molar refractivity (Wildman–Crippen MR) is 88.6 cm³/mol. The van der Waals surface area contributed by atoms with Gasteiger partial charge < -0.3 is 10.1 Å². The molecule has 0 saturated carbocycles. The number of rotatable bonds is 3. The molecule has 0 atom stereocenters. The molecule has 1 saturated heterocycles. The van der Waals surface area contributed by atoms with Crippen LogP contribution in [-0.2, 0) is 23.5 Å². The molecule has 1 aromatic carbocycles. The molecule has 1 aliphatic rings. The largest absolute Gasteiger partial charge is 0.416 e. The molecular weight excluding hydrogens is 347 g/mol. The smallest absolute Gasteiger partial charge is 0.381 e. The third-order valence-electron chi connectivity index (χ3n) is 4.67. The molecule has 1 aliphatic heterocycles. The van der Waals surface area contributed by atoms with Crippen LogP contribution in [0.15, 0.2) is 30.5 Å². The fraction of sp³-hybridized carbons (Fsp3) is 0.444. The Morgan fingerprint density at radius 1 is 1.31 bits per heavy atom. The van der Waals surface area contributed by atoms with Crippen molar-refractivity contribution in [2.45, 2.75) is 31.5 Å². The molecule has 0 spiro atoms. The number of carbonyl (C=O) groups excluding carboxylic acids is 1. The predicted octanol–water partition coefficient (Wildman–Crippen LogP) is 3.18. The molecule has 1 N–H and O–H groups in total. The Balaban J connectivity index is 1.97. The Morgan fingerprint density at radius 3 is 2.58 bits per heavy atom. The molecular formula is C18H20F3N3O2. The average molecular weight is 367 g/mol. The number of benzene rings is 1. The fourth-order valence-corrected chi connectivity index (χ4v) is 3.31. The Morgan fingerprint density at radius 2 is 2.00 bits per heavy atom. The van der Waals surface area contributed by atoms with Crippen LogP contribution in [0.5, 0.6) is 0 Å². The lowest BCUT2D eigenvalue weighted by Gasteiger charge is -2.38. The first-order valence-electron chi connectivity index (χ1n) is 8.29. The molecule has 2 aromatic rings. The number of aromatic nitrogens is 2. The SMILES string of the molecule is Cc1cn(C)nc1C(=O)NC1(c2cccc(C(F)(F)F)c2)CCOCC1. The highest BCUT2D eigenvalue weighted by atomic mass is 19.4. The highest BCUT2D eigenvalue weighted by molar-refractivity contribution is 5.94. The van der Waals surface area contributed by atoms with E-state index >= 15 is 0 Å². The first kappa shape index (κ1) is 18.4. The molecule has 140 valence electrons. The number of aryl methyl sites for hydroxylation is 2. The van der Waals surface area contributed by atoms with Gasteiger partial charge in [0, 0.05) is 32.0 Å². The maximum absolute atomic E-state index is 13.1. The van der Waals surface area contributed by atoms with Gasteiger partial charge in [-0.15, -0.1) is 0 Å². The second-order valence-corrected chi connectivity index (χ2v) is 6.56. The topological polar surface area (TPSA) is 56.2 Å². The van der Waals surface area contributed by atoms with Crippen LogP contribution >= 0.6 is 0 Å². The maximum atomic E-state index is 13.1. The van der Waals surface area contributed by atoms with E-state index in [4.69, 9.17) is 4.74 Å². The van der Waals surface area contributed by atoms with Crippen molar-refractivity contribution in [1.29, 1.82) is 0 Å². The first-order valence-corrected chi connectivity index (χ1v) is 8.29. The van der Waals surface area contributed by atoms with Crippen LogP contribution in [0.3, 0.4) is 0 Å². The summed E-state index contributed by atoms with van der Waals surface area (Å²) in [6.07, 6.45) is -1.93. The van der Waals surface area contributed by atoms with E-state index in [0.717, 1.165) is 12.1 Å². The number of alkyl halides is 3. The molecule has 1 fully saturated rings. The summed E-state index contributed by atoms with van der Waals surface area (Å²) < 4.78 is 46.3. The van der Waals surface area contributed by atoms with Crippen molar-refractivity contribution in [3.8, 4) is 0 Å². The summed E-state index contributed by atoms with van der Waals surface area (Å²) in [5, 5.41) is 7.09. The lowest BCUT2D eigenvalue weighted by molar-refractivity contribution is -0.137. The van der Waals surface area contributed by atoms with Crippen LogP contribution in [-0.4, -0.2) is 28.9 Å². The van der Waals surface area contributed by atoms with Gasteiger partial charge in [0.15, 0.2) is 5.69 Å². The number of nitrogens with one attached hydrogen (secondary N) is 1. The molecule has 2 heterocycles. The van der Waals surface area contributed by atoms with E-state index in [1.165, 1.54) is 10.7 Å². The molecule has 0 radical (unpaired) electrons. The Labute approximate surface area is 149 Å². The van der Waals surface area contributed by atoms with Crippen molar-refractivity contribution in [2.24, 2.45) is 7.05 Å². The van der Waals surface area contributed by atoms with Crippen LogP contribution in [0.25, 0.3) is 0 Å². The van der Waals surface area contributed by atoms with Gasteiger partial charge in [-0.2, -0.15) is 18.3 Å². The molecule has 26 heavy (non-hydrogen) atoms. The lowest BCUT2D eigenvalue weighted by atomic mass is 9.81. The Bertz CT molecular complexity index is 808. The molecule has 0 aliphatic carbocycles. The van der Waals surface area contributed by atoms with Gasteiger partial charge in [-0.3, -0.25) is 9.48 Å². The highest BCUT2D eigenvalue weighted by Gasteiger charge is 2.39. The zero-order chi connectivity index (χ0) is 18.9. The number of carbonyl (C=O) groups is 1. The summed E-state index contributed by atoms with van der Waals surface area (Å²) >= 11 is 0. The zero-order valence-corrected chi connectivity index (χ0v) is 14.6. The normalized spacial score (nSPS) is 17.1. The van der Waals surface area contributed by atoms with Gasteiger partial charge in [0.2, 0.25) is 0 Å². The second kappa shape index (κ2) is 6.75. The standard InChI is InChI=1S/C18H20F3N3O2/c1-12-11-24(2)23-15(12)16(25)22-17(6-8-26-9-7-17)13-4-3-5-14(10-13)18(19,20)21/h3-5,10-11H,6-9H2,1-2H3,(H,22,25). The van der Waals surface area contributed by atoms with Gasteiger partial charge in [-0.1, -0.05) is 12.1 Å². The van der Waals surface area contributed by atoms with Crippen LogP contribution in [0, 0.1) is 6.92 Å². The van der Waals surface area contributed by atoms with Gasteiger partial charge in [0.05, 0.1) is 11.1 Å². The monoisotopic (exact) mass is 367 g/mol. The Hall–Kier alpha value is -2.35. The molecule has 0 bridgehead atoms. The van der Waals surface area contributed by atoms with Crippen molar-refractivity contribution in [3.05, 3.63) is 52.8 Å². The number of ether oxygens (including phenoxy) is 1. The van der Waals surface area contributed by atoms with Crippen LogP contribution in [0.4, 0.5) is 13.2 Å². The van der Waals surface area contributed by atoms with E-state index in [0.29, 0.717) is 37.2 Å². The van der Waals surface area contributed by atoms with Gasteiger partial charge in [-0.25, -0.2) is 0 Å². The molecule has 5 nitrogen and oxygen atoms in total. The van der Waals surface area contributed by atoms with Crippen molar-refractivity contribution >= 4 is 5.91 Å². The average Bonchev–Trinajstić information content (AvgIpc) is 2.93. The van der Waals surface area contributed by atoms with E-state index in [-0.39, 0.29) is 5.69 Å². The van der Waals surface area contributed by atoms with E-state index in [1.807, 2.05) is 0 Å². The van der Waals surface area contributed by atoms with Gasteiger partial charge in [0.25, 0.3) is 5.91 Å². The summed E-state index contributed by atoms with van der Waals surface area (Å²) in [4.78, 5) is 12.8. The number of nitrogens with zero attached hydrogens (tertiary/aromatic N) is 2. The minimum atomic E-state index is -4.44. The second-order valence-electron chi connectivity index (χ2n) is 6.56. The molecule has 8 heteroatoms. The van der Waals surface area contributed by atoms with Crippen molar-refractivity contribution in [2.75, 3.05) is 13.2 Å². The number of hydrogen-bond donors (Lipinski definition) is 1. The third-order valence-corrected chi connectivity index (χ3v) is 4.67. The van der Waals surface area contributed by atoms with Crippen LogP contribution < -0.4 is 5.32 Å².